The molecular formula is C46H61N11O5. The van der Waals surface area contributed by atoms with Gasteiger partial charge in [0.1, 0.15) is 12.1 Å². The van der Waals surface area contributed by atoms with E-state index in [-0.39, 0.29) is 42.1 Å². The molecule has 0 radical (unpaired) electrons. The van der Waals surface area contributed by atoms with Crippen molar-refractivity contribution in [2.24, 2.45) is 0 Å². The average Bonchev–Trinajstić information content (AvgIpc) is 3.85. The number of unbranched alkanes of at least 4 members (excludes halogenated alkanes) is 1. The maximum atomic E-state index is 13.2. The van der Waals surface area contributed by atoms with Gasteiger partial charge in [-0.1, -0.05) is 38.1 Å². The van der Waals surface area contributed by atoms with Gasteiger partial charge in [-0.2, -0.15) is 19.6 Å². The summed E-state index contributed by atoms with van der Waals surface area (Å²) in [6.45, 7) is 13.2. The molecule has 6 heterocycles. The van der Waals surface area contributed by atoms with E-state index in [1.54, 1.807) is 9.42 Å². The van der Waals surface area contributed by atoms with Gasteiger partial charge < -0.3 is 35.0 Å². The fourth-order valence-corrected chi connectivity index (χ4v) is 9.05. The summed E-state index contributed by atoms with van der Waals surface area (Å²) in [5, 5.41) is 13.5. The molecule has 2 aromatic carbocycles. The Balaban J connectivity index is 0.722. The summed E-state index contributed by atoms with van der Waals surface area (Å²) in [5.41, 5.74) is 6.48. The molecular weight excluding hydrogens is 787 g/mol. The van der Waals surface area contributed by atoms with E-state index in [0.29, 0.717) is 43.5 Å². The Morgan fingerprint density at radius 2 is 1.65 bits per heavy atom. The first-order chi connectivity index (χ1) is 30.1. The first kappa shape index (κ1) is 43.2. The molecule has 62 heavy (non-hydrogen) atoms. The molecule has 4 aliphatic heterocycles. The largest absolute Gasteiger partial charge is 0.460 e. The highest BCUT2D eigenvalue weighted by Crippen LogP contribution is 2.31. The Morgan fingerprint density at radius 1 is 0.903 bits per heavy atom. The lowest BCUT2D eigenvalue weighted by molar-refractivity contribution is -0.137. The monoisotopic (exact) mass is 847 g/mol. The SMILES string of the molecule is CC(C)c1cnn2c(NCc3ccc(NC(=O)CCCCN4CCN(CCCc5cccc6c5CN(C5CCC(=O)NC5=O)C6=O)CC4)cc3)nc(OC3CCN(C)CC3)nc12. The van der Waals surface area contributed by atoms with Crippen LogP contribution in [-0.4, -0.2) is 134 Å². The highest BCUT2D eigenvalue weighted by atomic mass is 16.5. The third kappa shape index (κ3) is 10.4. The van der Waals surface area contributed by atoms with Gasteiger partial charge in [0.25, 0.3) is 5.91 Å². The molecule has 16 heteroatoms. The van der Waals surface area contributed by atoms with Crippen LogP contribution in [-0.2, 0) is 33.9 Å². The van der Waals surface area contributed by atoms with Crippen LogP contribution in [0.4, 0.5) is 11.6 Å². The molecule has 0 saturated carbocycles. The lowest BCUT2D eigenvalue weighted by Gasteiger charge is -2.34. The number of rotatable bonds is 17. The standard InChI is InChI=1S/C46H61N11O5/c1-31(2)37-29-48-57-42(37)51-46(62-35-18-22-53(3)23-19-35)52-45(57)47-28-32-12-14-34(15-13-32)49-40(58)11-4-5-20-54-24-26-55(27-25-54)21-7-9-33-8-6-10-36-38(33)30-56(44(36)61)39-16-17-41(59)50-43(39)60/h6,8,10,12-15,29,31,35,39H,4-5,7,9,11,16-28,30H2,1-3H3,(H,49,58)(H,47,51,52)(H,50,59,60). The van der Waals surface area contributed by atoms with Crippen LogP contribution < -0.4 is 20.7 Å². The number of carbonyl (C=O) groups is 4. The molecule has 4 aromatic rings. The van der Waals surface area contributed by atoms with E-state index in [1.165, 1.54) is 0 Å². The highest BCUT2D eigenvalue weighted by molar-refractivity contribution is 6.05. The normalized spacial score (nSPS) is 19.3. The van der Waals surface area contributed by atoms with Crippen LogP contribution in [0.3, 0.4) is 0 Å². The van der Waals surface area contributed by atoms with Gasteiger partial charge in [0.2, 0.25) is 23.7 Å². The number of aromatic nitrogens is 4. The van der Waals surface area contributed by atoms with Gasteiger partial charge >= 0.3 is 6.01 Å². The van der Waals surface area contributed by atoms with E-state index >= 15 is 0 Å². The molecule has 1 unspecified atom stereocenters. The van der Waals surface area contributed by atoms with Crippen molar-refractivity contribution in [3.63, 3.8) is 0 Å². The minimum absolute atomic E-state index is 0.0259. The molecule has 3 N–H and O–H groups in total. The van der Waals surface area contributed by atoms with Crippen molar-refractivity contribution in [2.75, 3.05) is 70.0 Å². The maximum Gasteiger partial charge on any atom is 0.322 e. The molecule has 0 spiro atoms. The lowest BCUT2D eigenvalue weighted by Crippen LogP contribution is -2.52. The summed E-state index contributed by atoms with van der Waals surface area (Å²) < 4.78 is 8.04. The molecule has 1 atom stereocenters. The van der Waals surface area contributed by atoms with E-state index in [0.717, 1.165) is 124 Å². The van der Waals surface area contributed by atoms with E-state index < -0.39 is 6.04 Å². The molecule has 330 valence electrons. The minimum atomic E-state index is -0.594. The maximum absolute atomic E-state index is 13.2. The summed E-state index contributed by atoms with van der Waals surface area (Å²) in [4.78, 5) is 68.6. The number of piperidine rings is 2. The van der Waals surface area contributed by atoms with Crippen LogP contribution in [0.25, 0.3) is 5.65 Å². The second-order valence-corrected chi connectivity index (χ2v) is 17.6. The number of likely N-dealkylation sites (tertiary alicyclic amines) is 1. The van der Waals surface area contributed by atoms with Crippen molar-refractivity contribution in [1.82, 2.24) is 44.5 Å². The van der Waals surface area contributed by atoms with Crippen LogP contribution >= 0.6 is 0 Å². The van der Waals surface area contributed by atoms with Gasteiger partial charge in [0, 0.05) is 82.0 Å². The number of aryl methyl sites for hydroxylation is 1. The van der Waals surface area contributed by atoms with Crippen molar-refractivity contribution in [2.45, 2.75) is 103 Å². The number of anilines is 2. The van der Waals surface area contributed by atoms with Crippen LogP contribution in [0, 0.1) is 0 Å². The summed E-state index contributed by atoms with van der Waals surface area (Å²) >= 11 is 0. The summed E-state index contributed by atoms with van der Waals surface area (Å²) in [6.07, 6.45) is 8.61. The number of nitrogens with one attached hydrogen (secondary N) is 3. The van der Waals surface area contributed by atoms with Crippen molar-refractivity contribution < 1.29 is 23.9 Å². The number of hydrogen-bond donors (Lipinski definition) is 3. The second kappa shape index (κ2) is 19.7. The topological polar surface area (TPSA) is 170 Å². The molecule has 4 amide bonds. The van der Waals surface area contributed by atoms with Crippen LogP contribution in [0.1, 0.15) is 104 Å². The number of carbonyl (C=O) groups excluding carboxylic acids is 4. The number of ether oxygens (including phenoxy) is 1. The minimum Gasteiger partial charge on any atom is -0.460 e. The number of amides is 4. The lowest BCUT2D eigenvalue weighted by atomic mass is 9.99. The van der Waals surface area contributed by atoms with Crippen molar-refractivity contribution >= 4 is 40.9 Å². The molecule has 3 fully saturated rings. The third-order valence-electron chi connectivity index (χ3n) is 12.8. The molecule has 8 rings (SSSR count). The molecule has 4 aliphatic rings. The Kier molecular flexibility index (Phi) is 13.7. The van der Waals surface area contributed by atoms with Gasteiger partial charge in [-0.3, -0.25) is 24.5 Å². The van der Waals surface area contributed by atoms with Gasteiger partial charge in [0.05, 0.1) is 6.20 Å². The fourth-order valence-electron chi connectivity index (χ4n) is 9.05. The zero-order chi connectivity index (χ0) is 43.2. The van der Waals surface area contributed by atoms with Crippen molar-refractivity contribution in [1.29, 1.82) is 0 Å². The smallest absolute Gasteiger partial charge is 0.322 e. The molecule has 16 nitrogen and oxygen atoms in total. The van der Waals surface area contributed by atoms with E-state index in [1.807, 2.05) is 42.6 Å². The summed E-state index contributed by atoms with van der Waals surface area (Å²) in [7, 11) is 2.13. The highest BCUT2D eigenvalue weighted by Gasteiger charge is 2.39. The fraction of sp³-hybridized carbons (Fsp3) is 0.543. The molecule has 3 saturated heterocycles. The Hall–Kier alpha value is -5.45. The van der Waals surface area contributed by atoms with E-state index in [9.17, 15) is 19.2 Å². The molecule has 0 bridgehead atoms. The van der Waals surface area contributed by atoms with E-state index in [2.05, 4.69) is 62.7 Å². The number of fused-ring (bicyclic) bond motifs is 2. The summed E-state index contributed by atoms with van der Waals surface area (Å²) in [6, 6.07) is 13.6. The zero-order valence-electron chi connectivity index (χ0n) is 36.4. The summed E-state index contributed by atoms with van der Waals surface area (Å²) in [5.74, 6) is 0.0837. The average molecular weight is 848 g/mol. The Bertz CT molecular complexity index is 2230. The van der Waals surface area contributed by atoms with Gasteiger partial charge in [-0.15, -0.1) is 0 Å². The van der Waals surface area contributed by atoms with Gasteiger partial charge in [0.15, 0.2) is 5.65 Å². The van der Waals surface area contributed by atoms with Crippen LogP contribution in [0.15, 0.2) is 48.7 Å². The second-order valence-electron chi connectivity index (χ2n) is 17.6. The number of imide groups is 1. The number of hydrogen-bond acceptors (Lipinski definition) is 12. The van der Waals surface area contributed by atoms with E-state index in [4.69, 9.17) is 14.7 Å². The number of piperazine rings is 1. The van der Waals surface area contributed by atoms with Crippen molar-refractivity contribution in [3.8, 4) is 6.01 Å². The number of nitrogens with zero attached hydrogens (tertiary/aromatic N) is 8. The number of benzene rings is 2. The first-order valence-corrected chi connectivity index (χ1v) is 22.5. The predicted molar refractivity (Wildman–Crippen MR) is 236 cm³/mol. The third-order valence-corrected chi connectivity index (χ3v) is 12.8. The molecule has 0 aliphatic carbocycles. The van der Waals surface area contributed by atoms with Gasteiger partial charge in [-0.25, -0.2) is 0 Å². The van der Waals surface area contributed by atoms with Crippen LogP contribution in [0.2, 0.25) is 0 Å². The van der Waals surface area contributed by atoms with Crippen molar-refractivity contribution in [3.05, 3.63) is 76.5 Å². The molecule has 2 aromatic heterocycles. The first-order valence-electron chi connectivity index (χ1n) is 22.5. The van der Waals surface area contributed by atoms with Gasteiger partial charge in [-0.05, 0) is 106 Å². The van der Waals surface area contributed by atoms with Crippen LogP contribution in [0.5, 0.6) is 6.01 Å². The Morgan fingerprint density at radius 3 is 2.37 bits per heavy atom. The predicted octanol–water partition coefficient (Wildman–Crippen LogP) is 4.45. The zero-order valence-corrected chi connectivity index (χ0v) is 36.4. The quantitative estimate of drug-likeness (QED) is 0.101. The Labute approximate surface area is 363 Å².